The number of hydrogen-bond acceptors (Lipinski definition) is 2. The molecule has 0 radical (unpaired) electrons. The Balaban J connectivity index is 2.49. The number of carbonyl (C=O) groups is 1. The molecule has 1 aromatic rings. The summed E-state index contributed by atoms with van der Waals surface area (Å²) < 4.78 is 10.4. The van der Waals surface area contributed by atoms with E-state index in [0.29, 0.717) is 16.6 Å². The van der Waals surface area contributed by atoms with Crippen LogP contribution in [0.3, 0.4) is 0 Å². The molecule has 2 nitrogen and oxygen atoms in total. The molecule has 0 amide bonds. The van der Waals surface area contributed by atoms with Crippen LogP contribution in [0.15, 0.2) is 18.2 Å². The van der Waals surface area contributed by atoms with Crippen LogP contribution in [0.1, 0.15) is 57.5 Å². The topological polar surface area (TPSA) is 26.3 Å². The van der Waals surface area contributed by atoms with E-state index in [2.05, 4.69) is 64.0 Å². The normalized spacial score (nSPS) is 15.7. The first-order chi connectivity index (χ1) is 10.7. The van der Waals surface area contributed by atoms with Crippen LogP contribution < -0.4 is 0 Å². The van der Waals surface area contributed by atoms with E-state index in [4.69, 9.17) is 3.07 Å². The first kappa shape index (κ1) is 18.5. The van der Waals surface area contributed by atoms with Gasteiger partial charge in [-0.2, -0.15) is 0 Å². The van der Waals surface area contributed by atoms with Crippen LogP contribution in [0.25, 0.3) is 0 Å². The fourth-order valence-electron chi connectivity index (χ4n) is 3.81. The third-order valence-corrected chi connectivity index (χ3v) is 15.8. The quantitative estimate of drug-likeness (QED) is 0.329. The van der Waals surface area contributed by atoms with E-state index < -0.39 is 28.3 Å². The summed E-state index contributed by atoms with van der Waals surface area (Å²) in [6, 6.07) is 5.87. The summed E-state index contributed by atoms with van der Waals surface area (Å²) in [5.41, 5.74) is 7.43. The minimum absolute atomic E-state index is 0.172. The van der Waals surface area contributed by atoms with Gasteiger partial charge in [0.1, 0.15) is 0 Å². The maximum absolute atomic E-state index is 12.1. The molecule has 0 saturated heterocycles. The van der Waals surface area contributed by atoms with E-state index >= 15 is 0 Å². The van der Waals surface area contributed by atoms with Crippen molar-refractivity contribution in [2.75, 3.05) is 0 Å². The average molecular weight is 442 g/mol. The Morgan fingerprint density at radius 3 is 2.13 bits per heavy atom. The summed E-state index contributed by atoms with van der Waals surface area (Å²) in [5, 5.41) is 0. The van der Waals surface area contributed by atoms with Crippen molar-refractivity contribution in [2.45, 2.75) is 65.1 Å². The van der Waals surface area contributed by atoms with Crippen LogP contribution in [0, 0.1) is 20.0 Å². The van der Waals surface area contributed by atoms with Gasteiger partial charge in [-0.1, -0.05) is 0 Å². The van der Waals surface area contributed by atoms with Gasteiger partial charge in [0.25, 0.3) is 0 Å². The molecule has 1 heterocycles. The van der Waals surface area contributed by atoms with Gasteiger partial charge in [-0.3, -0.25) is 0 Å². The molecule has 1 aliphatic rings. The van der Waals surface area contributed by atoms with Gasteiger partial charge < -0.3 is 0 Å². The molecular weight excluding hydrogens is 415 g/mol. The molecule has 0 spiro atoms. The SMILES string of the molecule is Cc1cccc2c1I(C#C[Si](C(C)C)(C(C)C)C(C)C)OC2=O. The predicted molar refractivity (Wildman–Crippen MR) is 108 cm³/mol. The molecular formula is C19H27IO2Si. The van der Waals surface area contributed by atoms with Crippen LogP contribution >= 0.6 is 20.2 Å². The third kappa shape index (κ3) is 3.23. The summed E-state index contributed by atoms with van der Waals surface area (Å²) in [6.45, 7) is 15.9. The zero-order chi connectivity index (χ0) is 17.4. The molecule has 2 rings (SSSR count). The zero-order valence-corrected chi connectivity index (χ0v) is 18.3. The van der Waals surface area contributed by atoms with Gasteiger partial charge in [0, 0.05) is 0 Å². The molecule has 0 aromatic heterocycles. The van der Waals surface area contributed by atoms with E-state index in [1.54, 1.807) is 0 Å². The van der Waals surface area contributed by atoms with E-state index in [9.17, 15) is 4.79 Å². The Hall–Kier alpha value is -0.803. The summed E-state index contributed by atoms with van der Waals surface area (Å²) in [5.74, 6) is -0.172. The second-order valence-electron chi connectivity index (χ2n) is 7.17. The summed E-state index contributed by atoms with van der Waals surface area (Å²) in [6.07, 6.45) is 0. The van der Waals surface area contributed by atoms with Gasteiger partial charge in [-0.25, -0.2) is 0 Å². The molecule has 0 bridgehead atoms. The van der Waals surface area contributed by atoms with Crippen molar-refractivity contribution in [2.24, 2.45) is 0 Å². The van der Waals surface area contributed by atoms with Crippen molar-refractivity contribution in [3.8, 4) is 9.47 Å². The Morgan fingerprint density at radius 1 is 1.04 bits per heavy atom. The Labute approximate surface area is 149 Å². The van der Waals surface area contributed by atoms with E-state index in [0.717, 1.165) is 14.7 Å². The molecule has 23 heavy (non-hydrogen) atoms. The number of aryl methyl sites for hydroxylation is 1. The van der Waals surface area contributed by atoms with Crippen molar-refractivity contribution in [3.05, 3.63) is 32.9 Å². The first-order valence-electron chi connectivity index (χ1n) is 8.26. The minimum atomic E-state index is -2.18. The zero-order valence-electron chi connectivity index (χ0n) is 15.2. The molecule has 0 N–H and O–H groups in total. The number of halogens is 1. The number of carbonyl (C=O) groups excluding carboxylic acids is 1. The third-order valence-electron chi connectivity index (χ3n) is 4.95. The second-order valence-corrected chi connectivity index (χ2v) is 16.2. The Kier molecular flexibility index (Phi) is 5.62. The molecule has 0 saturated carbocycles. The maximum atomic E-state index is 12.1. The molecule has 1 aliphatic heterocycles. The molecule has 126 valence electrons. The molecule has 1 aromatic carbocycles. The van der Waals surface area contributed by atoms with Crippen LogP contribution in [-0.4, -0.2) is 14.0 Å². The van der Waals surface area contributed by atoms with Gasteiger partial charge in [0.15, 0.2) is 0 Å². The predicted octanol–water partition coefficient (Wildman–Crippen LogP) is 5.94. The average Bonchev–Trinajstić information content (AvgIpc) is 2.76. The van der Waals surface area contributed by atoms with E-state index in [1.165, 1.54) is 0 Å². The van der Waals surface area contributed by atoms with Crippen LogP contribution in [0.4, 0.5) is 0 Å². The molecule has 4 heteroatoms. The summed E-state index contributed by atoms with van der Waals surface area (Å²) in [7, 11) is -1.77. The van der Waals surface area contributed by atoms with Gasteiger partial charge in [-0.05, 0) is 0 Å². The Morgan fingerprint density at radius 2 is 1.61 bits per heavy atom. The summed E-state index contributed by atoms with van der Waals surface area (Å²) in [4.78, 5) is 12.1. The van der Waals surface area contributed by atoms with Gasteiger partial charge >= 0.3 is 150 Å². The number of rotatable bonds is 3. The molecule has 0 unspecified atom stereocenters. The van der Waals surface area contributed by atoms with E-state index in [-0.39, 0.29) is 5.97 Å². The standard InChI is InChI=1S/C19H27IO2Si/c1-13(2)23(14(3)4,15(5)6)12-11-20-18-16(7)9-8-10-17(18)19(21)22-20/h8-10,13-15H,1-7H3. The molecule has 0 aliphatic carbocycles. The first-order valence-corrected chi connectivity index (χ1v) is 13.5. The van der Waals surface area contributed by atoms with Crippen LogP contribution in [0.2, 0.25) is 16.6 Å². The van der Waals surface area contributed by atoms with Crippen molar-refractivity contribution in [3.63, 3.8) is 0 Å². The van der Waals surface area contributed by atoms with Gasteiger partial charge in [-0.15, -0.1) is 0 Å². The van der Waals surface area contributed by atoms with Crippen molar-refractivity contribution >= 4 is 34.3 Å². The van der Waals surface area contributed by atoms with E-state index in [1.807, 2.05) is 12.1 Å². The van der Waals surface area contributed by atoms with Crippen molar-refractivity contribution in [1.29, 1.82) is 0 Å². The fraction of sp³-hybridized carbons (Fsp3) is 0.526. The summed E-state index contributed by atoms with van der Waals surface area (Å²) >= 11 is -2.18. The number of hydrogen-bond donors (Lipinski definition) is 0. The monoisotopic (exact) mass is 442 g/mol. The van der Waals surface area contributed by atoms with Crippen molar-refractivity contribution in [1.82, 2.24) is 0 Å². The second kappa shape index (κ2) is 6.98. The molecule has 0 atom stereocenters. The number of benzene rings is 1. The van der Waals surface area contributed by atoms with Crippen LogP contribution in [0.5, 0.6) is 0 Å². The Bertz CT molecular complexity index is 646. The van der Waals surface area contributed by atoms with Crippen molar-refractivity contribution < 1.29 is 7.86 Å². The van der Waals surface area contributed by atoms with Gasteiger partial charge in [0.2, 0.25) is 0 Å². The molecule has 0 fully saturated rings. The fourth-order valence-corrected chi connectivity index (χ4v) is 14.2. The van der Waals surface area contributed by atoms with Gasteiger partial charge in [0.05, 0.1) is 0 Å². The van der Waals surface area contributed by atoms with Crippen LogP contribution in [-0.2, 0) is 3.07 Å². The number of fused-ring (bicyclic) bond motifs is 1.